The number of hydrogen-bond donors (Lipinski definition) is 0. The average Bonchev–Trinajstić information content (AvgIpc) is 3.81. The van der Waals surface area contributed by atoms with Crippen molar-refractivity contribution in [3.8, 4) is 78.4 Å². The third-order valence-electron chi connectivity index (χ3n) is 12.9. The first-order chi connectivity index (χ1) is 30.4. The fraction of sp³-hybridized carbons (Fsp3) is 0.0508. The summed E-state index contributed by atoms with van der Waals surface area (Å²) in [4.78, 5) is 10.5. The van der Waals surface area contributed by atoms with Crippen LogP contribution in [0.4, 0.5) is 0 Å². The number of aromatic nitrogens is 2. The molecule has 0 fully saturated rings. The Labute approximate surface area is 360 Å². The van der Waals surface area contributed by atoms with E-state index in [9.17, 15) is 0 Å². The van der Waals surface area contributed by atoms with E-state index in [-0.39, 0.29) is 5.41 Å². The molecule has 0 unspecified atom stereocenters. The molecular weight excluding hydrogens is 753 g/mol. The summed E-state index contributed by atoms with van der Waals surface area (Å²) >= 11 is 0. The van der Waals surface area contributed by atoms with E-state index in [4.69, 9.17) is 14.4 Å². The van der Waals surface area contributed by atoms with Gasteiger partial charge in [-0.05, 0) is 127 Å². The lowest BCUT2D eigenvalue weighted by molar-refractivity contribution is 0.661. The molecule has 12 rings (SSSR count). The van der Waals surface area contributed by atoms with Crippen molar-refractivity contribution in [2.75, 3.05) is 0 Å². The highest BCUT2D eigenvalue weighted by Gasteiger charge is 2.36. The van der Waals surface area contributed by atoms with Crippen LogP contribution in [0.1, 0.15) is 25.0 Å². The van der Waals surface area contributed by atoms with Gasteiger partial charge in [-0.3, -0.25) is 0 Å². The zero-order valence-corrected chi connectivity index (χ0v) is 34.4. The van der Waals surface area contributed by atoms with Gasteiger partial charge in [0.05, 0.1) is 11.4 Å². The molecule has 0 N–H and O–H groups in total. The fourth-order valence-corrected chi connectivity index (χ4v) is 9.54. The maximum atomic E-state index is 6.21. The van der Waals surface area contributed by atoms with Gasteiger partial charge in [-0.15, -0.1) is 0 Å². The predicted octanol–water partition coefficient (Wildman–Crippen LogP) is 15.8. The third kappa shape index (κ3) is 6.04. The van der Waals surface area contributed by atoms with Gasteiger partial charge in [-0.1, -0.05) is 159 Å². The molecule has 11 aromatic rings. The topological polar surface area (TPSA) is 38.9 Å². The Morgan fingerprint density at radius 2 is 0.871 bits per heavy atom. The van der Waals surface area contributed by atoms with Crippen LogP contribution in [-0.2, 0) is 5.41 Å². The van der Waals surface area contributed by atoms with Crippen LogP contribution in [0.5, 0.6) is 0 Å². The molecule has 9 aromatic carbocycles. The van der Waals surface area contributed by atoms with Crippen LogP contribution in [0.3, 0.4) is 0 Å². The van der Waals surface area contributed by atoms with Crippen LogP contribution in [0.15, 0.2) is 211 Å². The number of furan rings is 1. The van der Waals surface area contributed by atoms with Crippen LogP contribution < -0.4 is 0 Å². The minimum Gasteiger partial charge on any atom is -0.456 e. The van der Waals surface area contributed by atoms with Gasteiger partial charge >= 0.3 is 0 Å². The van der Waals surface area contributed by atoms with Gasteiger partial charge in [0.15, 0.2) is 5.82 Å². The molecule has 62 heavy (non-hydrogen) atoms. The van der Waals surface area contributed by atoms with Crippen molar-refractivity contribution >= 4 is 32.7 Å². The quantitative estimate of drug-likeness (QED) is 0.168. The number of hydrogen-bond acceptors (Lipinski definition) is 3. The number of benzene rings is 9. The highest BCUT2D eigenvalue weighted by molar-refractivity contribution is 6.06. The largest absolute Gasteiger partial charge is 0.456 e. The van der Waals surface area contributed by atoms with Crippen LogP contribution in [0, 0.1) is 0 Å². The molecule has 0 saturated heterocycles. The molecule has 0 bridgehead atoms. The summed E-state index contributed by atoms with van der Waals surface area (Å²) < 4.78 is 6.21. The van der Waals surface area contributed by atoms with Gasteiger partial charge in [0, 0.05) is 32.9 Å². The fourth-order valence-electron chi connectivity index (χ4n) is 9.54. The van der Waals surface area contributed by atoms with Crippen molar-refractivity contribution in [2.24, 2.45) is 0 Å². The van der Waals surface area contributed by atoms with E-state index in [1.165, 1.54) is 44.2 Å². The van der Waals surface area contributed by atoms with Gasteiger partial charge < -0.3 is 4.42 Å². The molecule has 0 spiro atoms. The zero-order chi connectivity index (χ0) is 41.4. The Balaban J connectivity index is 0.958. The maximum absolute atomic E-state index is 6.21. The van der Waals surface area contributed by atoms with Gasteiger partial charge in [0.1, 0.15) is 11.2 Å². The molecule has 3 nitrogen and oxygen atoms in total. The Kier molecular flexibility index (Phi) is 8.20. The first-order valence-electron chi connectivity index (χ1n) is 21.3. The second-order valence-corrected chi connectivity index (χ2v) is 17.0. The minimum atomic E-state index is -0.103. The highest BCUT2D eigenvalue weighted by atomic mass is 16.3. The smallest absolute Gasteiger partial charge is 0.160 e. The van der Waals surface area contributed by atoms with Crippen molar-refractivity contribution < 1.29 is 4.42 Å². The van der Waals surface area contributed by atoms with Gasteiger partial charge in [0.25, 0.3) is 0 Å². The summed E-state index contributed by atoms with van der Waals surface area (Å²) in [5, 5.41) is 4.79. The second-order valence-electron chi connectivity index (χ2n) is 17.0. The van der Waals surface area contributed by atoms with Crippen LogP contribution in [-0.4, -0.2) is 9.97 Å². The van der Waals surface area contributed by atoms with E-state index in [2.05, 4.69) is 190 Å². The van der Waals surface area contributed by atoms with Crippen molar-refractivity contribution in [3.63, 3.8) is 0 Å². The Morgan fingerprint density at radius 1 is 0.339 bits per heavy atom. The van der Waals surface area contributed by atoms with Crippen molar-refractivity contribution in [1.82, 2.24) is 9.97 Å². The van der Waals surface area contributed by atoms with Crippen molar-refractivity contribution in [3.05, 3.63) is 217 Å². The molecule has 2 aromatic heterocycles. The molecular formula is C59H40N2O. The molecule has 292 valence electrons. The summed E-state index contributed by atoms with van der Waals surface area (Å²) in [5.74, 6) is 0.688. The van der Waals surface area contributed by atoms with Crippen LogP contribution >= 0.6 is 0 Å². The SMILES string of the molecule is CC1(C)c2cc(-c3ccc(-c4cc(-c5cc(-c6ccccc6)cc(-c6ccc7oc8ccccc8c7c6)c5)nc(-c5ccccc5)n4)cc3)ccc2-c2cc3ccccc3cc21. The third-order valence-corrected chi connectivity index (χ3v) is 12.9. The molecule has 0 atom stereocenters. The van der Waals surface area contributed by atoms with E-state index in [0.717, 1.165) is 72.3 Å². The Morgan fingerprint density at radius 3 is 1.65 bits per heavy atom. The van der Waals surface area contributed by atoms with Crippen LogP contribution in [0.25, 0.3) is 111 Å². The number of rotatable bonds is 6. The maximum Gasteiger partial charge on any atom is 0.160 e. The van der Waals surface area contributed by atoms with Gasteiger partial charge in [-0.2, -0.15) is 0 Å². The van der Waals surface area contributed by atoms with Crippen molar-refractivity contribution in [1.29, 1.82) is 0 Å². The summed E-state index contributed by atoms with van der Waals surface area (Å²) in [6, 6.07) is 73.8. The average molecular weight is 793 g/mol. The number of fused-ring (bicyclic) bond motifs is 7. The van der Waals surface area contributed by atoms with E-state index in [1.54, 1.807) is 0 Å². The predicted molar refractivity (Wildman–Crippen MR) is 257 cm³/mol. The van der Waals surface area contributed by atoms with Crippen molar-refractivity contribution in [2.45, 2.75) is 19.3 Å². The van der Waals surface area contributed by atoms with E-state index >= 15 is 0 Å². The second kappa shape index (κ2) is 14.1. The molecule has 0 radical (unpaired) electrons. The lowest BCUT2D eigenvalue weighted by atomic mass is 9.81. The molecule has 1 aliphatic carbocycles. The monoisotopic (exact) mass is 792 g/mol. The van der Waals surface area contributed by atoms with E-state index in [0.29, 0.717) is 5.82 Å². The lowest BCUT2D eigenvalue weighted by Crippen LogP contribution is -2.15. The first-order valence-corrected chi connectivity index (χ1v) is 21.3. The number of para-hydroxylation sites is 1. The Bertz CT molecular complexity index is 3530. The molecule has 0 aliphatic heterocycles. The standard InChI is InChI=1S/C59H40N2O/c1-59(2)52-35-44(25-27-48(52)50-32-41-17-9-10-18-42(41)34-53(50)59)38-21-23-39(24-22-38)54-36-55(61-58(60-54)40-15-7-4-8-16-40)47-30-45(37-13-5-3-6-14-37)29-46(31-47)43-26-28-57-51(33-43)49-19-11-12-20-56(49)62-57/h3-36H,1-2H3. The number of nitrogens with zero attached hydrogens (tertiary/aromatic N) is 2. The summed E-state index contributed by atoms with van der Waals surface area (Å²) in [7, 11) is 0. The molecule has 3 heteroatoms. The van der Waals surface area contributed by atoms with E-state index < -0.39 is 0 Å². The summed E-state index contributed by atoms with van der Waals surface area (Å²) in [6.45, 7) is 4.71. The molecule has 0 saturated carbocycles. The normalized spacial score (nSPS) is 12.8. The van der Waals surface area contributed by atoms with Gasteiger partial charge in [-0.25, -0.2) is 9.97 Å². The lowest BCUT2D eigenvalue weighted by Gasteiger charge is -2.22. The van der Waals surface area contributed by atoms with Gasteiger partial charge in [0.2, 0.25) is 0 Å². The Hall–Kier alpha value is -7.88. The first kappa shape index (κ1) is 36.0. The minimum absolute atomic E-state index is 0.103. The molecule has 2 heterocycles. The van der Waals surface area contributed by atoms with E-state index in [1.807, 2.05) is 30.3 Å². The highest BCUT2D eigenvalue weighted by Crippen LogP contribution is 2.51. The zero-order valence-electron chi connectivity index (χ0n) is 34.4. The summed E-state index contributed by atoms with van der Waals surface area (Å²) in [5.41, 5.74) is 18.7. The molecule has 0 amide bonds. The summed E-state index contributed by atoms with van der Waals surface area (Å²) in [6.07, 6.45) is 0. The van der Waals surface area contributed by atoms with Crippen LogP contribution in [0.2, 0.25) is 0 Å². The molecule has 1 aliphatic rings.